The highest BCUT2D eigenvalue weighted by Gasteiger charge is 2.28. The summed E-state index contributed by atoms with van der Waals surface area (Å²) in [6, 6.07) is 17.0. The van der Waals surface area contributed by atoms with Crippen LogP contribution in [0.1, 0.15) is 28.8 Å². The van der Waals surface area contributed by atoms with Crippen LogP contribution < -0.4 is 0 Å². The molecule has 0 bridgehead atoms. The van der Waals surface area contributed by atoms with E-state index in [1.165, 1.54) is 6.07 Å². The largest absolute Gasteiger partial charge is 0.361 e. The molecule has 1 aliphatic rings. The van der Waals surface area contributed by atoms with Crippen LogP contribution in [-0.4, -0.2) is 51.9 Å². The Labute approximate surface area is 192 Å². The molecule has 0 radical (unpaired) electrons. The number of fused-ring (bicyclic) bond motifs is 1. The number of hydrogen-bond donors (Lipinski definition) is 1. The first-order valence-electron chi connectivity index (χ1n) is 11.3. The average molecular weight is 443 g/mol. The molecule has 5 nitrogen and oxygen atoms in total. The van der Waals surface area contributed by atoms with Crippen LogP contribution in [0, 0.1) is 5.82 Å². The van der Waals surface area contributed by atoms with Gasteiger partial charge in [0, 0.05) is 42.3 Å². The molecule has 1 aliphatic heterocycles. The summed E-state index contributed by atoms with van der Waals surface area (Å²) in [6.45, 7) is 2.07. The summed E-state index contributed by atoms with van der Waals surface area (Å²) in [7, 11) is 2.09. The van der Waals surface area contributed by atoms with E-state index in [2.05, 4.69) is 28.0 Å². The molecule has 0 saturated carbocycles. The standard InChI is InChI=1S/C27H27FN4O/c1-31-13-9-24(10-14-31)32(27(33)22-3-2-11-29-17-22)18-23-16-19(4-6-25(23)28)20-5-7-26-21(15-20)8-12-30-26/h2-8,11-12,15-17,24,30H,9-10,13-14,18H2,1H3. The molecule has 1 amide bonds. The highest BCUT2D eigenvalue weighted by molar-refractivity contribution is 5.94. The first-order valence-corrected chi connectivity index (χ1v) is 11.3. The maximum Gasteiger partial charge on any atom is 0.255 e. The SMILES string of the molecule is CN1CCC(N(Cc2cc(-c3ccc4[nH]ccc4c3)ccc2F)C(=O)c2cccnc2)CC1. The van der Waals surface area contributed by atoms with Crippen molar-refractivity contribution < 1.29 is 9.18 Å². The molecule has 6 heteroatoms. The number of rotatable bonds is 5. The van der Waals surface area contributed by atoms with Gasteiger partial charge in [0.15, 0.2) is 0 Å². The quantitative estimate of drug-likeness (QED) is 0.468. The molecule has 33 heavy (non-hydrogen) atoms. The van der Waals surface area contributed by atoms with Crippen molar-refractivity contribution >= 4 is 16.8 Å². The normalized spacial score (nSPS) is 15.1. The van der Waals surface area contributed by atoms with Crippen LogP contribution in [0.4, 0.5) is 4.39 Å². The fourth-order valence-corrected chi connectivity index (χ4v) is 4.62. The molecule has 1 fully saturated rings. The number of aromatic amines is 1. The minimum absolute atomic E-state index is 0.0631. The van der Waals surface area contributed by atoms with E-state index in [1.807, 2.05) is 35.4 Å². The van der Waals surface area contributed by atoms with Crippen LogP contribution in [0.25, 0.3) is 22.0 Å². The lowest BCUT2D eigenvalue weighted by molar-refractivity contribution is 0.0566. The van der Waals surface area contributed by atoms with Crippen molar-refractivity contribution in [2.24, 2.45) is 0 Å². The van der Waals surface area contributed by atoms with Crippen molar-refractivity contribution in [1.29, 1.82) is 0 Å². The number of H-pyrrole nitrogens is 1. The van der Waals surface area contributed by atoms with Crippen molar-refractivity contribution in [3.05, 3.63) is 90.1 Å². The van der Waals surface area contributed by atoms with Gasteiger partial charge in [0.1, 0.15) is 5.82 Å². The lowest BCUT2D eigenvalue weighted by Gasteiger charge is -2.37. The first kappa shape index (κ1) is 21.3. The summed E-state index contributed by atoms with van der Waals surface area (Å²) < 4.78 is 15.0. The van der Waals surface area contributed by atoms with Crippen molar-refractivity contribution in [1.82, 2.24) is 19.8 Å². The number of aromatic nitrogens is 2. The van der Waals surface area contributed by atoms with Gasteiger partial charge in [-0.2, -0.15) is 0 Å². The van der Waals surface area contributed by atoms with Crippen LogP contribution in [0.2, 0.25) is 0 Å². The monoisotopic (exact) mass is 442 g/mol. The Morgan fingerprint density at radius 1 is 1.12 bits per heavy atom. The van der Waals surface area contributed by atoms with Crippen molar-refractivity contribution in [3.63, 3.8) is 0 Å². The predicted molar refractivity (Wildman–Crippen MR) is 128 cm³/mol. The molecule has 0 aliphatic carbocycles. The van der Waals surface area contributed by atoms with Gasteiger partial charge in [-0.1, -0.05) is 12.1 Å². The van der Waals surface area contributed by atoms with Gasteiger partial charge in [-0.25, -0.2) is 4.39 Å². The van der Waals surface area contributed by atoms with Crippen molar-refractivity contribution in [2.45, 2.75) is 25.4 Å². The van der Waals surface area contributed by atoms with E-state index in [4.69, 9.17) is 0 Å². The van der Waals surface area contributed by atoms with E-state index in [0.29, 0.717) is 11.1 Å². The number of benzene rings is 2. The van der Waals surface area contributed by atoms with Gasteiger partial charge in [-0.15, -0.1) is 0 Å². The van der Waals surface area contributed by atoms with Crippen LogP contribution in [0.5, 0.6) is 0 Å². The summed E-state index contributed by atoms with van der Waals surface area (Å²) in [5.41, 5.74) is 4.08. The molecule has 4 aromatic rings. The van der Waals surface area contributed by atoms with Crippen LogP contribution in [0.15, 0.2) is 73.2 Å². The van der Waals surface area contributed by atoms with Gasteiger partial charge in [0.05, 0.1) is 5.56 Å². The number of halogens is 1. The Morgan fingerprint density at radius 3 is 2.70 bits per heavy atom. The Balaban J connectivity index is 1.47. The third kappa shape index (κ3) is 4.52. The number of likely N-dealkylation sites (tertiary alicyclic amines) is 1. The first-order chi connectivity index (χ1) is 16.1. The van der Waals surface area contributed by atoms with Crippen LogP contribution in [0.3, 0.4) is 0 Å². The van der Waals surface area contributed by atoms with Gasteiger partial charge < -0.3 is 14.8 Å². The molecule has 168 valence electrons. The van der Waals surface area contributed by atoms with Crippen molar-refractivity contribution in [3.8, 4) is 11.1 Å². The second-order valence-corrected chi connectivity index (χ2v) is 8.80. The highest BCUT2D eigenvalue weighted by atomic mass is 19.1. The second kappa shape index (κ2) is 9.16. The van der Waals surface area contributed by atoms with E-state index in [0.717, 1.165) is 48.0 Å². The Kier molecular flexibility index (Phi) is 5.92. The number of pyridine rings is 1. The molecule has 2 aromatic carbocycles. The summed E-state index contributed by atoms with van der Waals surface area (Å²) >= 11 is 0. The smallest absolute Gasteiger partial charge is 0.255 e. The zero-order valence-corrected chi connectivity index (χ0v) is 18.7. The Morgan fingerprint density at radius 2 is 1.91 bits per heavy atom. The van der Waals surface area contributed by atoms with Crippen molar-refractivity contribution in [2.75, 3.05) is 20.1 Å². The summed E-state index contributed by atoms with van der Waals surface area (Å²) in [4.78, 5) is 24.9. The molecule has 1 saturated heterocycles. The summed E-state index contributed by atoms with van der Waals surface area (Å²) in [5, 5.41) is 1.11. The molecule has 0 spiro atoms. The molecular weight excluding hydrogens is 415 g/mol. The van der Waals surface area contributed by atoms with Gasteiger partial charge in [0.25, 0.3) is 5.91 Å². The van der Waals surface area contributed by atoms with Gasteiger partial charge >= 0.3 is 0 Å². The zero-order valence-electron chi connectivity index (χ0n) is 18.7. The molecule has 5 rings (SSSR count). The third-order valence-electron chi connectivity index (χ3n) is 6.57. The maximum absolute atomic E-state index is 15.0. The van der Waals surface area contributed by atoms with Crippen LogP contribution >= 0.6 is 0 Å². The molecule has 0 atom stereocenters. The molecule has 2 aromatic heterocycles. The predicted octanol–water partition coefficient (Wildman–Crippen LogP) is 5.11. The summed E-state index contributed by atoms with van der Waals surface area (Å²) in [5.74, 6) is -0.394. The number of nitrogens with zero attached hydrogens (tertiary/aromatic N) is 3. The Hall–Kier alpha value is -3.51. The third-order valence-corrected chi connectivity index (χ3v) is 6.57. The van der Waals surface area contributed by atoms with Crippen LogP contribution in [-0.2, 0) is 6.54 Å². The fourth-order valence-electron chi connectivity index (χ4n) is 4.62. The average Bonchev–Trinajstić information content (AvgIpc) is 3.32. The highest BCUT2D eigenvalue weighted by Crippen LogP contribution is 2.28. The van der Waals surface area contributed by atoms with E-state index in [-0.39, 0.29) is 24.3 Å². The lowest BCUT2D eigenvalue weighted by Crippen LogP contribution is -2.46. The number of amides is 1. The van der Waals surface area contributed by atoms with E-state index < -0.39 is 0 Å². The fraction of sp³-hybridized carbons (Fsp3) is 0.259. The minimum atomic E-state index is -0.293. The minimum Gasteiger partial charge on any atom is -0.361 e. The number of carbonyl (C=O) groups excluding carboxylic acids is 1. The Bertz CT molecular complexity index is 1260. The van der Waals surface area contributed by atoms with Gasteiger partial charge in [-0.3, -0.25) is 9.78 Å². The van der Waals surface area contributed by atoms with E-state index >= 15 is 0 Å². The number of nitrogens with one attached hydrogen (secondary N) is 1. The van der Waals surface area contributed by atoms with E-state index in [9.17, 15) is 9.18 Å². The van der Waals surface area contributed by atoms with E-state index in [1.54, 1.807) is 30.6 Å². The number of piperidine rings is 1. The van der Waals surface area contributed by atoms with Gasteiger partial charge in [0.2, 0.25) is 0 Å². The zero-order chi connectivity index (χ0) is 22.8. The molecule has 1 N–H and O–H groups in total. The summed E-state index contributed by atoms with van der Waals surface area (Å²) in [6.07, 6.45) is 6.89. The second-order valence-electron chi connectivity index (χ2n) is 8.80. The molecule has 3 heterocycles. The maximum atomic E-state index is 15.0. The number of hydrogen-bond acceptors (Lipinski definition) is 3. The van der Waals surface area contributed by atoms with Gasteiger partial charge in [-0.05, 0) is 92.0 Å². The topological polar surface area (TPSA) is 52.2 Å². The molecular formula is C27H27FN4O. The lowest BCUT2D eigenvalue weighted by atomic mass is 9.99. The number of carbonyl (C=O) groups is 1. The molecule has 0 unspecified atom stereocenters.